The van der Waals surface area contributed by atoms with Gasteiger partial charge in [-0.05, 0) is 43.0 Å². The van der Waals surface area contributed by atoms with Crippen LogP contribution in [0, 0.1) is 17.2 Å². The molecule has 2 aromatic heterocycles. The van der Waals surface area contributed by atoms with Crippen molar-refractivity contribution >= 4 is 11.7 Å². The second-order valence-corrected chi connectivity index (χ2v) is 7.42. The minimum absolute atomic E-state index is 0.0726. The van der Waals surface area contributed by atoms with Gasteiger partial charge in [0.1, 0.15) is 11.4 Å². The lowest BCUT2D eigenvalue weighted by Gasteiger charge is -2.39. The number of anilines is 1. The van der Waals surface area contributed by atoms with Crippen molar-refractivity contribution in [3.63, 3.8) is 0 Å². The summed E-state index contributed by atoms with van der Waals surface area (Å²) in [5.74, 6) is 0.816. The van der Waals surface area contributed by atoms with Crippen molar-refractivity contribution in [3.05, 3.63) is 47.8 Å². The molecule has 0 radical (unpaired) electrons. The summed E-state index contributed by atoms with van der Waals surface area (Å²) < 4.78 is 30.1. The monoisotopic (exact) mass is 413 g/mol. The predicted molar refractivity (Wildman–Crippen MR) is 104 cm³/mol. The zero-order valence-corrected chi connectivity index (χ0v) is 16.2. The van der Waals surface area contributed by atoms with Gasteiger partial charge in [0.2, 0.25) is 5.88 Å². The molecule has 2 atom stereocenters. The highest BCUT2D eigenvalue weighted by atomic mass is 19.3. The van der Waals surface area contributed by atoms with Crippen LogP contribution in [0.1, 0.15) is 28.8 Å². The first-order valence-corrected chi connectivity index (χ1v) is 9.85. The molecule has 2 aliphatic rings. The fraction of sp³-hybridized carbons (Fsp3) is 0.429. The molecule has 0 aromatic carbocycles. The third-order valence-corrected chi connectivity index (χ3v) is 5.67. The van der Waals surface area contributed by atoms with Gasteiger partial charge in [-0.2, -0.15) is 5.26 Å². The molecule has 0 saturated carbocycles. The minimum Gasteiger partial charge on any atom is -0.471 e. The quantitative estimate of drug-likeness (QED) is 0.750. The van der Waals surface area contributed by atoms with Gasteiger partial charge in [0.15, 0.2) is 6.61 Å². The maximum absolute atomic E-state index is 13.1. The summed E-state index contributed by atoms with van der Waals surface area (Å²) in [5, 5.41) is 9.17. The van der Waals surface area contributed by atoms with E-state index in [2.05, 4.69) is 20.9 Å². The van der Waals surface area contributed by atoms with E-state index in [0.29, 0.717) is 24.6 Å². The Balaban J connectivity index is 1.52. The second-order valence-electron chi connectivity index (χ2n) is 7.42. The fourth-order valence-corrected chi connectivity index (χ4v) is 4.24. The molecule has 2 saturated heterocycles. The summed E-state index contributed by atoms with van der Waals surface area (Å²) >= 11 is 0. The van der Waals surface area contributed by atoms with Gasteiger partial charge in [-0.15, -0.1) is 0 Å². The van der Waals surface area contributed by atoms with Crippen molar-refractivity contribution in [2.24, 2.45) is 5.92 Å². The van der Waals surface area contributed by atoms with Crippen LogP contribution in [0.4, 0.5) is 14.6 Å². The Labute approximate surface area is 172 Å². The van der Waals surface area contributed by atoms with Crippen LogP contribution in [0.2, 0.25) is 0 Å². The van der Waals surface area contributed by atoms with Crippen molar-refractivity contribution < 1.29 is 18.3 Å². The maximum atomic E-state index is 13.1. The number of halogens is 2. The van der Waals surface area contributed by atoms with Gasteiger partial charge >= 0.3 is 0 Å². The van der Waals surface area contributed by atoms with Crippen LogP contribution in [-0.2, 0) is 0 Å². The SMILES string of the molecule is N#Cc1ccnc(N2CC[C@H]3CCN(C(=O)c4cccnc4OCC(F)F)C[C@H]32)c1. The topological polar surface area (TPSA) is 82.4 Å². The second kappa shape index (κ2) is 8.61. The van der Waals surface area contributed by atoms with Crippen LogP contribution >= 0.6 is 0 Å². The molecular weight excluding hydrogens is 392 g/mol. The van der Waals surface area contributed by atoms with Crippen molar-refractivity contribution in [1.29, 1.82) is 5.26 Å². The number of piperidine rings is 1. The number of aromatic nitrogens is 2. The molecule has 7 nitrogen and oxygen atoms in total. The first-order chi connectivity index (χ1) is 14.6. The molecule has 2 aliphatic heterocycles. The Morgan fingerprint density at radius 1 is 1.27 bits per heavy atom. The van der Waals surface area contributed by atoms with E-state index in [1.165, 1.54) is 6.20 Å². The van der Waals surface area contributed by atoms with Gasteiger partial charge in [0.25, 0.3) is 12.3 Å². The number of likely N-dealkylation sites (tertiary alicyclic amines) is 1. The summed E-state index contributed by atoms with van der Waals surface area (Å²) in [5.41, 5.74) is 0.731. The van der Waals surface area contributed by atoms with Crippen LogP contribution in [0.15, 0.2) is 36.7 Å². The molecular formula is C21H21F2N5O2. The molecule has 0 spiro atoms. The number of nitrogens with zero attached hydrogens (tertiary/aromatic N) is 5. The number of pyridine rings is 2. The molecule has 0 aliphatic carbocycles. The molecule has 2 aromatic rings. The highest BCUT2D eigenvalue weighted by molar-refractivity contribution is 5.96. The normalized spacial score (nSPS) is 20.7. The number of carbonyl (C=O) groups is 1. The zero-order chi connectivity index (χ0) is 21.1. The van der Waals surface area contributed by atoms with Crippen LogP contribution in [-0.4, -0.2) is 59.5 Å². The largest absolute Gasteiger partial charge is 0.471 e. The third kappa shape index (κ3) is 4.03. The summed E-state index contributed by atoms with van der Waals surface area (Å²) in [6.07, 6.45) is 2.24. The Morgan fingerprint density at radius 2 is 2.10 bits per heavy atom. The number of alkyl halides is 2. The van der Waals surface area contributed by atoms with E-state index < -0.39 is 13.0 Å². The Hall–Kier alpha value is -3.28. The first kappa shape index (κ1) is 20.0. The average Bonchev–Trinajstić information content (AvgIpc) is 3.20. The summed E-state index contributed by atoms with van der Waals surface area (Å²) in [7, 11) is 0. The molecule has 4 heterocycles. The molecule has 1 amide bonds. The van der Waals surface area contributed by atoms with E-state index in [9.17, 15) is 13.6 Å². The van der Waals surface area contributed by atoms with E-state index in [4.69, 9.17) is 10.00 Å². The number of rotatable bonds is 5. The molecule has 4 rings (SSSR count). The Morgan fingerprint density at radius 3 is 2.90 bits per heavy atom. The molecule has 9 heteroatoms. The van der Waals surface area contributed by atoms with E-state index in [-0.39, 0.29) is 23.4 Å². The lowest BCUT2D eigenvalue weighted by molar-refractivity contribution is 0.0644. The van der Waals surface area contributed by atoms with Crippen LogP contribution in [0.3, 0.4) is 0 Å². The highest BCUT2D eigenvalue weighted by Crippen LogP contribution is 2.35. The van der Waals surface area contributed by atoms with Crippen LogP contribution in [0.25, 0.3) is 0 Å². The molecule has 156 valence electrons. The molecule has 2 fully saturated rings. The maximum Gasteiger partial charge on any atom is 0.272 e. The average molecular weight is 413 g/mol. The predicted octanol–water partition coefficient (Wildman–Crippen LogP) is 2.73. The Bertz CT molecular complexity index is 964. The van der Waals surface area contributed by atoms with Crippen LogP contribution in [0.5, 0.6) is 5.88 Å². The Kier molecular flexibility index (Phi) is 5.74. The van der Waals surface area contributed by atoms with E-state index >= 15 is 0 Å². The van der Waals surface area contributed by atoms with Gasteiger partial charge in [-0.1, -0.05) is 0 Å². The number of hydrogen-bond donors (Lipinski definition) is 0. The van der Waals surface area contributed by atoms with Crippen molar-refractivity contribution in [1.82, 2.24) is 14.9 Å². The summed E-state index contributed by atoms with van der Waals surface area (Å²) in [6.45, 7) is 1.08. The van der Waals surface area contributed by atoms with Gasteiger partial charge in [0.05, 0.1) is 17.7 Å². The lowest BCUT2D eigenvalue weighted by atomic mass is 9.91. The van der Waals surface area contributed by atoms with Gasteiger partial charge < -0.3 is 14.5 Å². The van der Waals surface area contributed by atoms with Gasteiger partial charge in [0, 0.05) is 32.0 Å². The minimum atomic E-state index is -2.64. The first-order valence-electron chi connectivity index (χ1n) is 9.85. The molecule has 30 heavy (non-hydrogen) atoms. The van der Waals surface area contributed by atoms with Crippen molar-refractivity contribution in [2.75, 3.05) is 31.1 Å². The smallest absolute Gasteiger partial charge is 0.272 e. The van der Waals surface area contributed by atoms with Crippen molar-refractivity contribution in [2.45, 2.75) is 25.3 Å². The van der Waals surface area contributed by atoms with E-state index in [1.807, 2.05) is 0 Å². The number of carbonyl (C=O) groups excluding carboxylic acids is 1. The molecule has 0 N–H and O–H groups in total. The molecule has 0 bridgehead atoms. The van der Waals surface area contributed by atoms with E-state index in [0.717, 1.165) is 25.2 Å². The summed E-state index contributed by atoms with van der Waals surface area (Å²) in [6, 6.07) is 8.79. The zero-order valence-electron chi connectivity index (χ0n) is 16.2. The number of ether oxygens (including phenoxy) is 1. The van der Waals surface area contributed by atoms with Gasteiger partial charge in [-0.3, -0.25) is 4.79 Å². The van der Waals surface area contributed by atoms with E-state index in [1.54, 1.807) is 35.4 Å². The lowest BCUT2D eigenvalue weighted by Crippen LogP contribution is -2.50. The standard InChI is InChI=1S/C21H21F2N5O2/c22-18(23)13-30-20-16(2-1-6-26-20)21(29)27-8-4-15-5-9-28(17(15)12-27)19-10-14(11-24)3-7-25-19/h1-3,6-7,10,15,17-18H,4-5,8-9,12-13H2/t15-,17-/m1/s1. The van der Waals surface area contributed by atoms with Gasteiger partial charge in [-0.25, -0.2) is 18.7 Å². The summed E-state index contributed by atoms with van der Waals surface area (Å²) in [4.78, 5) is 25.4. The van der Waals surface area contributed by atoms with Crippen LogP contribution < -0.4 is 9.64 Å². The number of fused-ring (bicyclic) bond motifs is 1. The third-order valence-electron chi connectivity index (χ3n) is 5.67. The van der Waals surface area contributed by atoms with Crippen molar-refractivity contribution in [3.8, 4) is 11.9 Å². The number of hydrogen-bond acceptors (Lipinski definition) is 6. The highest BCUT2D eigenvalue weighted by Gasteiger charge is 2.40. The number of amides is 1. The number of nitriles is 1. The molecule has 0 unspecified atom stereocenters. The fourth-order valence-electron chi connectivity index (χ4n) is 4.24.